The van der Waals surface area contributed by atoms with Crippen molar-refractivity contribution in [2.45, 2.75) is 25.7 Å². The first-order valence-corrected chi connectivity index (χ1v) is 10.6. The average molecular weight is 418 g/mol. The number of hydrogen-bond donors (Lipinski definition) is 4. The summed E-state index contributed by atoms with van der Waals surface area (Å²) in [5.74, 6) is 3.08. The number of hydrogen-bond acceptors (Lipinski definition) is 7. The maximum atomic E-state index is 9.93. The van der Waals surface area contributed by atoms with E-state index in [2.05, 4.69) is 37.2 Å². The number of nitrogens with one attached hydrogen (secondary N) is 4. The first kappa shape index (κ1) is 20.7. The lowest BCUT2D eigenvalue weighted by Gasteiger charge is -2.25. The smallest absolute Gasteiger partial charge is 0.153 e. The lowest BCUT2D eigenvalue weighted by Crippen LogP contribution is -2.27. The van der Waals surface area contributed by atoms with Crippen molar-refractivity contribution >= 4 is 17.5 Å². The number of para-hydroxylation sites is 1. The highest BCUT2D eigenvalue weighted by Crippen LogP contribution is 2.33. The van der Waals surface area contributed by atoms with E-state index in [4.69, 9.17) is 4.74 Å². The molecule has 1 aromatic carbocycles. The van der Waals surface area contributed by atoms with Crippen LogP contribution in [0.4, 0.5) is 17.5 Å². The summed E-state index contributed by atoms with van der Waals surface area (Å²) in [6, 6.07) is 16.0. The van der Waals surface area contributed by atoms with E-state index in [1.807, 2.05) is 49.4 Å². The Balaban J connectivity index is 1.55. The zero-order valence-electron chi connectivity index (χ0n) is 17.6. The quantitative estimate of drug-likeness (QED) is 0.414. The standard InChI is InChI=1S/C23H27N7O/c1-16-13-22(30-29-16)27-21-14-19(17-7-9-25-10-8-17)20(15-24)23(28-21)26-11-12-31-18-5-3-2-4-6-18/h2-6,13-14,17,25H,7-12H2,1H3,(H3,26,27,28,29,30). The fraction of sp³-hybridized carbons (Fsp3) is 0.348. The number of aromatic nitrogens is 3. The van der Waals surface area contributed by atoms with Crippen molar-refractivity contribution in [1.29, 1.82) is 5.26 Å². The molecule has 0 bridgehead atoms. The second kappa shape index (κ2) is 9.96. The maximum Gasteiger partial charge on any atom is 0.153 e. The third-order valence-corrected chi connectivity index (χ3v) is 5.31. The van der Waals surface area contributed by atoms with Crippen LogP contribution < -0.4 is 20.7 Å². The van der Waals surface area contributed by atoms with Gasteiger partial charge in [-0.05, 0) is 62.5 Å². The van der Waals surface area contributed by atoms with Gasteiger partial charge >= 0.3 is 0 Å². The Kier molecular flexibility index (Phi) is 6.65. The highest BCUT2D eigenvalue weighted by atomic mass is 16.5. The van der Waals surface area contributed by atoms with Crippen LogP contribution in [0.5, 0.6) is 5.75 Å². The first-order chi connectivity index (χ1) is 15.2. The van der Waals surface area contributed by atoms with E-state index >= 15 is 0 Å². The van der Waals surface area contributed by atoms with E-state index in [1.165, 1.54) is 0 Å². The van der Waals surface area contributed by atoms with E-state index in [-0.39, 0.29) is 0 Å². The van der Waals surface area contributed by atoms with Gasteiger partial charge in [-0.15, -0.1) is 0 Å². The van der Waals surface area contributed by atoms with Gasteiger partial charge in [0.25, 0.3) is 0 Å². The Morgan fingerprint density at radius 2 is 1.97 bits per heavy atom. The summed E-state index contributed by atoms with van der Waals surface area (Å²) in [7, 11) is 0. The van der Waals surface area contributed by atoms with E-state index in [0.717, 1.165) is 42.9 Å². The van der Waals surface area contributed by atoms with Crippen molar-refractivity contribution in [3.05, 3.63) is 59.3 Å². The van der Waals surface area contributed by atoms with Gasteiger partial charge in [-0.1, -0.05) is 18.2 Å². The summed E-state index contributed by atoms with van der Waals surface area (Å²) in [6.45, 7) is 4.85. The van der Waals surface area contributed by atoms with Crippen molar-refractivity contribution < 1.29 is 4.74 Å². The first-order valence-electron chi connectivity index (χ1n) is 10.6. The second-order valence-electron chi connectivity index (χ2n) is 7.61. The molecule has 4 rings (SSSR count). The molecule has 1 saturated heterocycles. The number of nitrogens with zero attached hydrogens (tertiary/aromatic N) is 3. The molecule has 31 heavy (non-hydrogen) atoms. The van der Waals surface area contributed by atoms with Crippen LogP contribution in [0.15, 0.2) is 42.5 Å². The molecule has 160 valence electrons. The molecule has 4 N–H and O–H groups in total. The largest absolute Gasteiger partial charge is 0.492 e. The molecule has 0 saturated carbocycles. The summed E-state index contributed by atoms with van der Waals surface area (Å²) in [4.78, 5) is 4.68. The van der Waals surface area contributed by atoms with Gasteiger partial charge in [-0.3, -0.25) is 5.10 Å². The lowest BCUT2D eigenvalue weighted by molar-refractivity contribution is 0.332. The van der Waals surface area contributed by atoms with Gasteiger partial charge in [0.1, 0.15) is 30.1 Å². The summed E-state index contributed by atoms with van der Waals surface area (Å²) >= 11 is 0. The number of aromatic amines is 1. The lowest BCUT2D eigenvalue weighted by atomic mass is 9.87. The summed E-state index contributed by atoms with van der Waals surface area (Å²) in [6.07, 6.45) is 1.99. The number of pyridine rings is 1. The number of rotatable bonds is 8. The molecule has 8 heteroatoms. The van der Waals surface area contributed by atoms with Crippen LogP contribution in [0.3, 0.4) is 0 Å². The number of H-pyrrole nitrogens is 1. The zero-order chi connectivity index (χ0) is 21.5. The number of piperidine rings is 1. The maximum absolute atomic E-state index is 9.93. The van der Waals surface area contributed by atoms with E-state index in [1.54, 1.807) is 0 Å². The second-order valence-corrected chi connectivity index (χ2v) is 7.61. The van der Waals surface area contributed by atoms with Crippen LogP contribution in [0, 0.1) is 18.3 Å². The van der Waals surface area contributed by atoms with Gasteiger partial charge in [-0.2, -0.15) is 10.4 Å². The molecule has 1 fully saturated rings. The van der Waals surface area contributed by atoms with Crippen LogP contribution in [-0.4, -0.2) is 41.4 Å². The Labute approximate surface area is 182 Å². The van der Waals surface area contributed by atoms with Crippen molar-refractivity contribution in [3.8, 4) is 11.8 Å². The SMILES string of the molecule is Cc1cc(Nc2cc(C3CCNCC3)c(C#N)c(NCCOc3ccccc3)n2)n[nH]1. The van der Waals surface area contributed by atoms with E-state index in [9.17, 15) is 5.26 Å². The van der Waals surface area contributed by atoms with Crippen LogP contribution in [0.25, 0.3) is 0 Å². The van der Waals surface area contributed by atoms with Crippen LogP contribution in [0.1, 0.15) is 35.6 Å². The van der Waals surface area contributed by atoms with Gasteiger partial charge in [0, 0.05) is 11.8 Å². The Morgan fingerprint density at radius 3 is 2.68 bits per heavy atom. The predicted molar refractivity (Wildman–Crippen MR) is 121 cm³/mol. The fourth-order valence-corrected chi connectivity index (χ4v) is 3.80. The van der Waals surface area contributed by atoms with Crippen LogP contribution in [0.2, 0.25) is 0 Å². The molecule has 2 aromatic heterocycles. The number of nitriles is 1. The number of benzene rings is 1. The molecular formula is C23H27N7O. The molecule has 0 radical (unpaired) electrons. The van der Waals surface area contributed by atoms with Gasteiger partial charge in [0.15, 0.2) is 5.82 Å². The Hall–Kier alpha value is -3.57. The Bertz CT molecular complexity index is 1040. The van der Waals surface area contributed by atoms with Gasteiger partial charge in [0.05, 0.1) is 12.1 Å². The van der Waals surface area contributed by atoms with E-state index in [0.29, 0.717) is 42.1 Å². The highest BCUT2D eigenvalue weighted by Gasteiger charge is 2.22. The molecule has 0 amide bonds. The molecule has 3 heterocycles. The van der Waals surface area contributed by atoms with Crippen molar-refractivity contribution in [2.24, 2.45) is 0 Å². The molecule has 1 aliphatic rings. The number of aryl methyl sites for hydroxylation is 1. The third-order valence-electron chi connectivity index (χ3n) is 5.31. The normalized spacial score (nSPS) is 14.1. The fourth-order valence-electron chi connectivity index (χ4n) is 3.80. The Morgan fingerprint density at radius 1 is 1.16 bits per heavy atom. The minimum Gasteiger partial charge on any atom is -0.492 e. The molecule has 0 atom stereocenters. The van der Waals surface area contributed by atoms with Crippen molar-refractivity contribution in [1.82, 2.24) is 20.5 Å². The number of anilines is 3. The summed E-state index contributed by atoms with van der Waals surface area (Å²) in [5, 5.41) is 27.1. The van der Waals surface area contributed by atoms with Gasteiger partial charge in [0.2, 0.25) is 0 Å². The van der Waals surface area contributed by atoms with Crippen molar-refractivity contribution in [2.75, 3.05) is 36.9 Å². The van der Waals surface area contributed by atoms with Gasteiger partial charge in [-0.25, -0.2) is 4.98 Å². The zero-order valence-corrected chi connectivity index (χ0v) is 17.6. The molecule has 0 aliphatic carbocycles. The van der Waals surface area contributed by atoms with Crippen molar-refractivity contribution in [3.63, 3.8) is 0 Å². The number of ether oxygens (including phenoxy) is 1. The summed E-state index contributed by atoms with van der Waals surface area (Å²) in [5.41, 5.74) is 2.60. The molecule has 8 nitrogen and oxygen atoms in total. The van der Waals surface area contributed by atoms with Crippen LogP contribution >= 0.6 is 0 Å². The minimum absolute atomic E-state index is 0.321. The topological polar surface area (TPSA) is 111 Å². The summed E-state index contributed by atoms with van der Waals surface area (Å²) < 4.78 is 5.77. The molecule has 1 aliphatic heterocycles. The molecule has 0 spiro atoms. The minimum atomic E-state index is 0.321. The highest BCUT2D eigenvalue weighted by molar-refractivity contribution is 5.64. The molecule has 0 unspecified atom stereocenters. The van der Waals surface area contributed by atoms with Gasteiger partial charge < -0.3 is 20.7 Å². The molecule has 3 aromatic rings. The van der Waals surface area contributed by atoms with E-state index < -0.39 is 0 Å². The average Bonchev–Trinajstić information content (AvgIpc) is 3.22. The van der Waals surface area contributed by atoms with Crippen LogP contribution in [-0.2, 0) is 0 Å². The monoisotopic (exact) mass is 417 g/mol. The molecular weight excluding hydrogens is 390 g/mol. The predicted octanol–water partition coefficient (Wildman–Crippen LogP) is 3.69. The third kappa shape index (κ3) is 5.32.